The average Bonchev–Trinajstić information content (AvgIpc) is 2.75. The second-order valence-electron chi connectivity index (χ2n) is 6.80. The van der Waals surface area contributed by atoms with Crippen LogP contribution in [0, 0.1) is 0 Å². The minimum absolute atomic E-state index is 0.208. The van der Waals surface area contributed by atoms with Gasteiger partial charge in [-0.1, -0.05) is 72.8 Å². The van der Waals surface area contributed by atoms with Gasteiger partial charge in [-0.15, -0.1) is 0 Å². The highest BCUT2D eigenvalue weighted by molar-refractivity contribution is 5.72. The number of hydrogen-bond donors (Lipinski definition) is 0. The Labute approximate surface area is 166 Å². The van der Waals surface area contributed by atoms with E-state index in [9.17, 15) is 4.79 Å². The maximum atomic E-state index is 11.3. The first-order valence-corrected chi connectivity index (χ1v) is 9.64. The number of aryl methyl sites for hydroxylation is 2. The Morgan fingerprint density at radius 3 is 2.18 bits per heavy atom. The largest absolute Gasteiger partial charge is 0.489 e. The van der Waals surface area contributed by atoms with E-state index in [1.807, 2.05) is 42.5 Å². The summed E-state index contributed by atoms with van der Waals surface area (Å²) in [6, 6.07) is 26.7. The topological polar surface area (TPSA) is 35.5 Å². The van der Waals surface area contributed by atoms with E-state index in [0.29, 0.717) is 13.0 Å². The summed E-state index contributed by atoms with van der Waals surface area (Å²) in [6.45, 7) is 0.583. The Balaban J connectivity index is 1.51. The Morgan fingerprint density at radius 1 is 0.750 bits per heavy atom. The number of carbonyl (C=O) groups excluding carboxylic acids is 1. The van der Waals surface area contributed by atoms with Gasteiger partial charge in [-0.05, 0) is 47.6 Å². The van der Waals surface area contributed by atoms with Crippen molar-refractivity contribution in [1.82, 2.24) is 0 Å². The predicted octanol–water partition coefficient (Wildman–Crippen LogP) is 5.16. The van der Waals surface area contributed by atoms with Crippen LogP contribution >= 0.6 is 0 Å². The molecule has 0 aromatic heterocycles. The van der Waals surface area contributed by atoms with Gasteiger partial charge in [0, 0.05) is 0 Å². The van der Waals surface area contributed by atoms with E-state index < -0.39 is 0 Å². The highest BCUT2D eigenvalue weighted by atomic mass is 16.5. The zero-order chi connectivity index (χ0) is 19.6. The van der Waals surface area contributed by atoms with Gasteiger partial charge in [0.05, 0.1) is 13.5 Å². The molecule has 0 fully saturated rings. The second kappa shape index (κ2) is 10.3. The molecule has 0 bridgehead atoms. The summed E-state index contributed by atoms with van der Waals surface area (Å²) in [5.41, 5.74) is 4.66. The van der Waals surface area contributed by atoms with Gasteiger partial charge >= 0.3 is 5.97 Å². The van der Waals surface area contributed by atoms with Crippen LogP contribution in [0.2, 0.25) is 0 Å². The van der Waals surface area contributed by atoms with Crippen molar-refractivity contribution >= 4 is 5.97 Å². The van der Waals surface area contributed by atoms with Gasteiger partial charge in [-0.3, -0.25) is 4.79 Å². The molecular formula is C25H26O3. The first-order valence-electron chi connectivity index (χ1n) is 9.64. The smallest absolute Gasteiger partial charge is 0.309 e. The Morgan fingerprint density at radius 2 is 1.43 bits per heavy atom. The molecule has 0 N–H and O–H groups in total. The van der Waals surface area contributed by atoms with Crippen molar-refractivity contribution in [3.63, 3.8) is 0 Å². The van der Waals surface area contributed by atoms with Gasteiger partial charge in [0.15, 0.2) is 0 Å². The molecule has 0 saturated carbocycles. The van der Waals surface area contributed by atoms with E-state index in [2.05, 4.69) is 36.4 Å². The van der Waals surface area contributed by atoms with E-state index in [4.69, 9.17) is 9.47 Å². The van der Waals surface area contributed by atoms with Gasteiger partial charge in [0.2, 0.25) is 0 Å². The van der Waals surface area contributed by atoms with Gasteiger partial charge < -0.3 is 9.47 Å². The molecular weight excluding hydrogens is 348 g/mol. The second-order valence-corrected chi connectivity index (χ2v) is 6.80. The Hall–Kier alpha value is -3.07. The molecule has 0 unspecified atom stereocenters. The van der Waals surface area contributed by atoms with E-state index in [1.165, 1.54) is 23.8 Å². The summed E-state index contributed by atoms with van der Waals surface area (Å²) in [6.07, 6.45) is 3.32. The molecule has 3 rings (SSSR count). The molecule has 0 aliphatic heterocycles. The van der Waals surface area contributed by atoms with E-state index in [1.54, 1.807) is 0 Å². The lowest BCUT2D eigenvalue weighted by Crippen LogP contribution is -2.04. The van der Waals surface area contributed by atoms with Crippen LogP contribution in [-0.2, 0) is 35.4 Å². The monoisotopic (exact) mass is 374 g/mol. The molecule has 3 aromatic rings. The van der Waals surface area contributed by atoms with E-state index in [0.717, 1.165) is 30.6 Å². The molecule has 144 valence electrons. The van der Waals surface area contributed by atoms with Crippen LogP contribution < -0.4 is 4.74 Å². The lowest BCUT2D eigenvalue weighted by molar-refractivity contribution is -0.139. The summed E-state index contributed by atoms with van der Waals surface area (Å²) in [7, 11) is 1.41. The summed E-state index contributed by atoms with van der Waals surface area (Å²) in [4.78, 5) is 11.3. The predicted molar refractivity (Wildman–Crippen MR) is 111 cm³/mol. The van der Waals surface area contributed by atoms with Crippen molar-refractivity contribution < 1.29 is 14.3 Å². The van der Waals surface area contributed by atoms with E-state index >= 15 is 0 Å². The molecule has 0 aliphatic carbocycles. The number of para-hydroxylation sites is 1. The third kappa shape index (κ3) is 5.98. The number of benzene rings is 3. The van der Waals surface area contributed by atoms with Gasteiger partial charge in [-0.25, -0.2) is 0 Å². The standard InChI is InChI=1S/C25H26O3/c1-27-25(26)18-21-16-14-20(15-17-21)10-7-12-23-11-5-6-13-24(23)28-19-22-8-3-2-4-9-22/h2-6,8-9,11,13-17H,7,10,12,18-19H2,1H3. The molecule has 0 spiro atoms. The van der Waals surface area contributed by atoms with Crippen LogP contribution in [0.4, 0.5) is 0 Å². The average molecular weight is 374 g/mol. The molecule has 0 amide bonds. The lowest BCUT2D eigenvalue weighted by Gasteiger charge is -2.12. The minimum atomic E-state index is -0.208. The number of esters is 1. The van der Waals surface area contributed by atoms with Crippen LogP contribution in [-0.4, -0.2) is 13.1 Å². The highest BCUT2D eigenvalue weighted by Gasteiger charge is 2.05. The van der Waals surface area contributed by atoms with Crippen molar-refractivity contribution in [1.29, 1.82) is 0 Å². The van der Waals surface area contributed by atoms with Gasteiger partial charge in [0.25, 0.3) is 0 Å². The number of hydrogen-bond acceptors (Lipinski definition) is 3. The van der Waals surface area contributed by atoms with Crippen LogP contribution in [0.5, 0.6) is 5.75 Å². The fourth-order valence-corrected chi connectivity index (χ4v) is 3.13. The fourth-order valence-electron chi connectivity index (χ4n) is 3.13. The van der Waals surface area contributed by atoms with Crippen LogP contribution in [0.25, 0.3) is 0 Å². The molecule has 28 heavy (non-hydrogen) atoms. The lowest BCUT2D eigenvalue weighted by atomic mass is 10.0. The van der Waals surface area contributed by atoms with Gasteiger partial charge in [0.1, 0.15) is 12.4 Å². The zero-order valence-electron chi connectivity index (χ0n) is 16.3. The van der Waals surface area contributed by atoms with Crippen molar-refractivity contribution in [2.24, 2.45) is 0 Å². The summed E-state index contributed by atoms with van der Waals surface area (Å²) in [5.74, 6) is 0.750. The van der Waals surface area contributed by atoms with Crippen LogP contribution in [0.15, 0.2) is 78.9 Å². The molecule has 0 saturated heterocycles. The SMILES string of the molecule is COC(=O)Cc1ccc(CCCc2ccccc2OCc2ccccc2)cc1. The molecule has 0 atom stereocenters. The maximum absolute atomic E-state index is 11.3. The van der Waals surface area contributed by atoms with Crippen molar-refractivity contribution in [2.45, 2.75) is 32.3 Å². The quantitative estimate of drug-likeness (QED) is 0.486. The van der Waals surface area contributed by atoms with Crippen LogP contribution in [0.3, 0.4) is 0 Å². The number of rotatable bonds is 9. The zero-order valence-corrected chi connectivity index (χ0v) is 16.3. The first kappa shape index (κ1) is 19.7. The summed E-state index contributed by atoms with van der Waals surface area (Å²) in [5, 5.41) is 0. The number of methoxy groups -OCH3 is 1. The molecule has 0 aliphatic rings. The maximum Gasteiger partial charge on any atom is 0.309 e. The molecule has 0 heterocycles. The summed E-state index contributed by atoms with van der Waals surface area (Å²) < 4.78 is 10.8. The van der Waals surface area contributed by atoms with Crippen molar-refractivity contribution in [3.8, 4) is 5.75 Å². The number of carbonyl (C=O) groups is 1. The molecule has 3 nitrogen and oxygen atoms in total. The summed E-state index contributed by atoms with van der Waals surface area (Å²) >= 11 is 0. The Bertz CT molecular complexity index is 870. The van der Waals surface area contributed by atoms with Gasteiger partial charge in [-0.2, -0.15) is 0 Å². The van der Waals surface area contributed by atoms with Crippen molar-refractivity contribution in [3.05, 3.63) is 101 Å². The highest BCUT2D eigenvalue weighted by Crippen LogP contribution is 2.22. The third-order valence-corrected chi connectivity index (χ3v) is 4.72. The van der Waals surface area contributed by atoms with E-state index in [-0.39, 0.29) is 5.97 Å². The third-order valence-electron chi connectivity index (χ3n) is 4.72. The fraction of sp³-hybridized carbons (Fsp3) is 0.240. The van der Waals surface area contributed by atoms with Crippen LogP contribution in [0.1, 0.15) is 28.7 Å². The minimum Gasteiger partial charge on any atom is -0.489 e. The normalized spacial score (nSPS) is 10.5. The Kier molecular flexibility index (Phi) is 7.25. The number of ether oxygens (including phenoxy) is 2. The molecule has 3 heteroatoms. The molecule has 3 aromatic carbocycles. The van der Waals surface area contributed by atoms with Crippen molar-refractivity contribution in [2.75, 3.05) is 7.11 Å². The first-order chi connectivity index (χ1) is 13.7. The molecule has 0 radical (unpaired) electrons.